The molecule has 2 atom stereocenters. The maximum atomic E-state index is 13.5. The summed E-state index contributed by atoms with van der Waals surface area (Å²) in [7, 11) is 0. The Balaban J connectivity index is 1.12. The van der Waals surface area contributed by atoms with Gasteiger partial charge in [-0.2, -0.15) is 5.10 Å². The summed E-state index contributed by atoms with van der Waals surface area (Å²) in [6, 6.07) is 6.06. The van der Waals surface area contributed by atoms with Crippen molar-refractivity contribution in [1.29, 1.82) is 0 Å². The number of benzene rings is 1. The molecule has 202 valence electrons. The van der Waals surface area contributed by atoms with Crippen molar-refractivity contribution in [2.45, 2.75) is 51.0 Å². The summed E-state index contributed by atoms with van der Waals surface area (Å²) in [5.41, 5.74) is 4.97. The van der Waals surface area contributed by atoms with Crippen LogP contribution in [0.5, 0.6) is 0 Å². The Hall–Kier alpha value is -2.91. The normalized spacial score (nSPS) is 22.9. The van der Waals surface area contributed by atoms with Gasteiger partial charge in [0.2, 0.25) is 11.8 Å². The van der Waals surface area contributed by atoms with E-state index in [1.165, 1.54) is 5.56 Å². The van der Waals surface area contributed by atoms with E-state index in [9.17, 15) is 14.4 Å². The molecule has 4 aliphatic rings. The van der Waals surface area contributed by atoms with Gasteiger partial charge in [0.15, 0.2) is 5.69 Å². The minimum atomic E-state index is -0.513. The first-order chi connectivity index (χ1) is 18.4. The molecule has 1 aromatic heterocycles. The number of halogens is 1. The molecule has 38 heavy (non-hydrogen) atoms. The Morgan fingerprint density at radius 3 is 2.39 bits per heavy atom. The second-order valence-corrected chi connectivity index (χ2v) is 11.5. The number of piperidine rings is 1. The Bertz CT molecular complexity index is 1280. The lowest BCUT2D eigenvalue weighted by Crippen LogP contribution is -2.51. The molecule has 2 aliphatic heterocycles. The number of carbonyl (C=O) groups excluding carboxylic acids is 3. The van der Waals surface area contributed by atoms with Crippen molar-refractivity contribution >= 4 is 29.3 Å². The van der Waals surface area contributed by atoms with E-state index in [-0.39, 0.29) is 24.3 Å². The fourth-order valence-corrected chi connectivity index (χ4v) is 6.80. The minimum Gasteiger partial charge on any atom is -0.387 e. The number of amides is 3. The van der Waals surface area contributed by atoms with Gasteiger partial charge in [0.1, 0.15) is 13.2 Å². The van der Waals surface area contributed by atoms with Gasteiger partial charge in [0.05, 0.1) is 0 Å². The van der Waals surface area contributed by atoms with Crippen LogP contribution in [0.25, 0.3) is 0 Å². The van der Waals surface area contributed by atoms with Gasteiger partial charge in [-0.3, -0.25) is 19.1 Å². The standard InChI is InChI=1S/C28H34ClN5O4/c1-17-20(3-2-4-22(17)29)18-5-7-31(8-6-18)24(36)15-34-23-14-19-13-21(19)26(23)27(30-34)28(38)33-11-9-32(10-12-33)25(37)16-35/h2-4,18-19,21,35H,5-16H2,1H3/t19-,21-/m1/s1. The van der Waals surface area contributed by atoms with Crippen LogP contribution in [0, 0.1) is 12.8 Å². The largest absolute Gasteiger partial charge is 0.387 e. The minimum absolute atomic E-state index is 0.0484. The number of likely N-dealkylation sites (tertiary alicyclic amines) is 1. The van der Waals surface area contributed by atoms with E-state index in [1.807, 2.05) is 17.0 Å². The number of aromatic nitrogens is 2. The quantitative estimate of drug-likeness (QED) is 0.628. The van der Waals surface area contributed by atoms with Gasteiger partial charge in [-0.15, -0.1) is 0 Å². The summed E-state index contributed by atoms with van der Waals surface area (Å²) in [5, 5.41) is 14.6. The number of rotatable bonds is 5. The maximum Gasteiger partial charge on any atom is 0.274 e. The number of aliphatic hydroxyl groups excluding tert-OH is 1. The molecule has 1 saturated carbocycles. The third kappa shape index (κ3) is 4.49. The van der Waals surface area contributed by atoms with Crippen LogP contribution in [0.3, 0.4) is 0 Å². The Kier molecular flexibility index (Phi) is 6.68. The Morgan fingerprint density at radius 1 is 1.00 bits per heavy atom. The molecule has 0 radical (unpaired) electrons. The van der Waals surface area contributed by atoms with Crippen LogP contribution in [0.4, 0.5) is 0 Å². The molecule has 3 fully saturated rings. The number of piperazine rings is 1. The zero-order valence-corrected chi connectivity index (χ0v) is 22.5. The lowest BCUT2D eigenvalue weighted by atomic mass is 9.87. The van der Waals surface area contributed by atoms with Crippen molar-refractivity contribution in [3.05, 3.63) is 51.3 Å². The van der Waals surface area contributed by atoms with E-state index in [2.05, 4.69) is 13.0 Å². The molecule has 2 saturated heterocycles. The van der Waals surface area contributed by atoms with Gasteiger partial charge in [-0.05, 0) is 67.6 Å². The average molecular weight is 540 g/mol. The number of carbonyl (C=O) groups is 3. The van der Waals surface area contributed by atoms with E-state index < -0.39 is 6.61 Å². The highest BCUT2D eigenvalue weighted by Crippen LogP contribution is 2.57. The van der Waals surface area contributed by atoms with Gasteiger partial charge < -0.3 is 19.8 Å². The van der Waals surface area contributed by atoms with Crippen molar-refractivity contribution in [3.63, 3.8) is 0 Å². The molecule has 1 aromatic carbocycles. The predicted molar refractivity (Wildman–Crippen MR) is 141 cm³/mol. The van der Waals surface area contributed by atoms with E-state index in [4.69, 9.17) is 21.8 Å². The highest BCUT2D eigenvalue weighted by atomic mass is 35.5. The monoisotopic (exact) mass is 539 g/mol. The van der Waals surface area contributed by atoms with Crippen LogP contribution in [0.2, 0.25) is 5.02 Å². The topological polar surface area (TPSA) is 99.0 Å². The Labute approximate surface area is 227 Å². The van der Waals surface area contributed by atoms with Gasteiger partial charge in [-0.1, -0.05) is 23.7 Å². The third-order valence-corrected chi connectivity index (χ3v) is 9.40. The highest BCUT2D eigenvalue weighted by molar-refractivity contribution is 6.31. The molecular formula is C28H34ClN5O4. The highest BCUT2D eigenvalue weighted by Gasteiger charge is 2.50. The molecule has 3 heterocycles. The van der Waals surface area contributed by atoms with E-state index in [0.717, 1.165) is 47.5 Å². The van der Waals surface area contributed by atoms with Crippen molar-refractivity contribution in [1.82, 2.24) is 24.5 Å². The maximum absolute atomic E-state index is 13.5. The lowest BCUT2D eigenvalue weighted by Gasteiger charge is -2.34. The van der Waals surface area contributed by atoms with Gasteiger partial charge in [0.25, 0.3) is 5.91 Å². The fourth-order valence-electron chi connectivity index (χ4n) is 6.62. The van der Waals surface area contributed by atoms with Gasteiger partial charge in [0, 0.05) is 55.5 Å². The molecular weight excluding hydrogens is 506 g/mol. The number of aliphatic hydroxyl groups is 1. The van der Waals surface area contributed by atoms with Gasteiger partial charge >= 0.3 is 0 Å². The van der Waals surface area contributed by atoms with Crippen molar-refractivity contribution in [2.75, 3.05) is 45.9 Å². The number of nitrogens with zero attached hydrogens (tertiary/aromatic N) is 5. The van der Waals surface area contributed by atoms with Crippen LogP contribution < -0.4 is 0 Å². The fraction of sp³-hybridized carbons (Fsp3) is 0.571. The molecule has 9 nitrogen and oxygen atoms in total. The molecule has 2 aromatic rings. The first-order valence-electron chi connectivity index (χ1n) is 13.7. The van der Waals surface area contributed by atoms with Crippen LogP contribution in [0.1, 0.15) is 64.0 Å². The van der Waals surface area contributed by atoms with Crippen LogP contribution in [-0.2, 0) is 22.6 Å². The predicted octanol–water partition coefficient (Wildman–Crippen LogP) is 2.19. The summed E-state index contributed by atoms with van der Waals surface area (Å²) in [6.45, 7) is 4.76. The molecule has 1 N–H and O–H groups in total. The van der Waals surface area contributed by atoms with Crippen molar-refractivity contribution in [3.8, 4) is 0 Å². The van der Waals surface area contributed by atoms with E-state index in [0.29, 0.717) is 62.7 Å². The van der Waals surface area contributed by atoms with E-state index in [1.54, 1.807) is 14.5 Å². The molecule has 2 aliphatic carbocycles. The lowest BCUT2D eigenvalue weighted by molar-refractivity contribution is -0.135. The first-order valence-corrected chi connectivity index (χ1v) is 14.0. The Morgan fingerprint density at radius 2 is 1.68 bits per heavy atom. The van der Waals surface area contributed by atoms with E-state index >= 15 is 0 Å². The second-order valence-electron chi connectivity index (χ2n) is 11.1. The number of fused-ring (bicyclic) bond motifs is 3. The average Bonchev–Trinajstić information content (AvgIpc) is 3.47. The molecule has 0 unspecified atom stereocenters. The van der Waals surface area contributed by atoms with Crippen molar-refractivity contribution in [2.24, 2.45) is 5.92 Å². The van der Waals surface area contributed by atoms with Crippen LogP contribution in [0.15, 0.2) is 18.2 Å². The van der Waals surface area contributed by atoms with Crippen LogP contribution >= 0.6 is 11.6 Å². The summed E-state index contributed by atoms with van der Waals surface area (Å²) in [5.74, 6) is 0.957. The van der Waals surface area contributed by atoms with Crippen molar-refractivity contribution < 1.29 is 19.5 Å². The third-order valence-electron chi connectivity index (χ3n) is 8.99. The SMILES string of the molecule is Cc1c(Cl)cccc1C1CCN(C(=O)Cn2nc(C(=O)N3CCN(C(=O)CO)CC3)c3c2C[C@H]2C[C@@H]32)CC1. The molecule has 10 heteroatoms. The number of hydrogen-bond donors (Lipinski definition) is 1. The van der Waals surface area contributed by atoms with Gasteiger partial charge in [-0.25, -0.2) is 0 Å². The second kappa shape index (κ2) is 10.0. The molecule has 0 spiro atoms. The zero-order chi connectivity index (χ0) is 26.6. The van der Waals surface area contributed by atoms with Crippen LogP contribution in [-0.4, -0.2) is 93.2 Å². The summed E-state index contributed by atoms with van der Waals surface area (Å²) in [4.78, 5) is 43.9. The zero-order valence-electron chi connectivity index (χ0n) is 21.7. The molecule has 0 bridgehead atoms. The molecule has 3 amide bonds. The summed E-state index contributed by atoms with van der Waals surface area (Å²) >= 11 is 6.33. The summed E-state index contributed by atoms with van der Waals surface area (Å²) < 4.78 is 1.79. The number of hydrogen-bond acceptors (Lipinski definition) is 5. The summed E-state index contributed by atoms with van der Waals surface area (Å²) in [6.07, 6.45) is 3.77. The molecule has 6 rings (SSSR count). The first kappa shape index (κ1) is 25.4. The smallest absolute Gasteiger partial charge is 0.274 e.